The van der Waals surface area contributed by atoms with Gasteiger partial charge in [0.05, 0.1) is 17.3 Å². The summed E-state index contributed by atoms with van der Waals surface area (Å²) < 4.78 is 58.7. The van der Waals surface area contributed by atoms with Gasteiger partial charge in [-0.2, -0.15) is 18.8 Å². The molecule has 1 aromatic heterocycles. The van der Waals surface area contributed by atoms with Crippen molar-refractivity contribution >= 4 is 10.5 Å². The SMILES string of the molecule is Cc1ncn(-c2cc(F)c(COc3ccc(OS(=O)(=O)F)cc3)c(C#N)c2)n1. The van der Waals surface area contributed by atoms with Crippen LogP contribution < -0.4 is 8.92 Å². The lowest BCUT2D eigenvalue weighted by Crippen LogP contribution is -2.05. The molecule has 0 unspecified atom stereocenters. The first-order chi connectivity index (χ1) is 13.2. The molecule has 0 aliphatic rings. The number of halogens is 2. The van der Waals surface area contributed by atoms with Crippen molar-refractivity contribution in [1.29, 1.82) is 5.26 Å². The molecular weight excluding hydrogens is 394 g/mol. The van der Waals surface area contributed by atoms with Gasteiger partial charge in [0.15, 0.2) is 0 Å². The molecule has 1 heterocycles. The lowest BCUT2D eigenvalue weighted by atomic mass is 10.1. The Labute approximate surface area is 159 Å². The summed E-state index contributed by atoms with van der Waals surface area (Å²) in [5, 5.41) is 13.4. The second kappa shape index (κ2) is 7.61. The average Bonchev–Trinajstić information content (AvgIpc) is 3.06. The maximum Gasteiger partial charge on any atom is 0.488 e. The molecule has 8 nitrogen and oxygen atoms in total. The minimum Gasteiger partial charge on any atom is -0.489 e. The zero-order chi connectivity index (χ0) is 20.3. The van der Waals surface area contributed by atoms with E-state index in [4.69, 9.17) is 4.74 Å². The van der Waals surface area contributed by atoms with E-state index < -0.39 is 16.3 Å². The number of hydrogen-bond donors (Lipinski definition) is 0. The lowest BCUT2D eigenvalue weighted by Gasteiger charge is -2.11. The fourth-order valence-electron chi connectivity index (χ4n) is 2.33. The number of ether oxygens (including phenoxy) is 1. The number of hydrogen-bond acceptors (Lipinski definition) is 7. The summed E-state index contributed by atoms with van der Waals surface area (Å²) in [6.07, 6.45) is 1.41. The Morgan fingerprint density at radius 3 is 2.46 bits per heavy atom. The van der Waals surface area contributed by atoms with Crippen LogP contribution in [-0.4, -0.2) is 23.2 Å². The highest BCUT2D eigenvalue weighted by Crippen LogP contribution is 2.23. The van der Waals surface area contributed by atoms with Crippen LogP contribution in [0.15, 0.2) is 42.7 Å². The van der Waals surface area contributed by atoms with E-state index in [1.54, 1.807) is 6.92 Å². The minimum absolute atomic E-state index is 0.0368. The first-order valence-corrected chi connectivity index (χ1v) is 9.04. The standard InChI is InChI=1S/C17H12F2N4O4S/c1-11-21-10-23(22-11)13-6-12(8-20)16(17(18)7-13)9-26-14-2-4-15(5-3-14)27-28(19,24)25/h2-7,10H,9H2,1H3. The van der Waals surface area contributed by atoms with Crippen molar-refractivity contribution in [2.24, 2.45) is 0 Å². The molecular formula is C17H12F2N4O4S. The molecule has 11 heteroatoms. The number of nitriles is 1. The third-order valence-corrected chi connectivity index (χ3v) is 3.97. The van der Waals surface area contributed by atoms with Gasteiger partial charge in [-0.05, 0) is 37.3 Å². The summed E-state index contributed by atoms with van der Waals surface area (Å²) in [4.78, 5) is 3.96. The topological polar surface area (TPSA) is 107 Å². The predicted octanol–water partition coefficient (Wildman–Crippen LogP) is 2.76. The van der Waals surface area contributed by atoms with Gasteiger partial charge in [-0.1, -0.05) is 3.89 Å². The Morgan fingerprint density at radius 2 is 1.89 bits per heavy atom. The van der Waals surface area contributed by atoms with E-state index in [1.165, 1.54) is 47.4 Å². The summed E-state index contributed by atoms with van der Waals surface area (Å²) in [7, 11) is -5.12. The Balaban J connectivity index is 1.78. The van der Waals surface area contributed by atoms with Gasteiger partial charge in [0.1, 0.15) is 36.1 Å². The smallest absolute Gasteiger partial charge is 0.488 e. The fourth-order valence-corrected chi connectivity index (χ4v) is 2.67. The van der Waals surface area contributed by atoms with Crippen molar-refractivity contribution < 1.29 is 25.6 Å². The third-order valence-electron chi connectivity index (χ3n) is 3.57. The van der Waals surface area contributed by atoms with E-state index in [-0.39, 0.29) is 29.2 Å². The number of rotatable bonds is 6. The zero-order valence-corrected chi connectivity index (χ0v) is 15.2. The van der Waals surface area contributed by atoms with Crippen LogP contribution in [0.5, 0.6) is 11.5 Å². The maximum absolute atomic E-state index is 14.5. The van der Waals surface area contributed by atoms with E-state index in [9.17, 15) is 22.0 Å². The molecule has 3 rings (SSSR count). The van der Waals surface area contributed by atoms with Gasteiger partial charge in [-0.25, -0.2) is 14.1 Å². The van der Waals surface area contributed by atoms with Crippen LogP contribution in [0.4, 0.5) is 8.28 Å². The lowest BCUT2D eigenvalue weighted by molar-refractivity contribution is 0.299. The van der Waals surface area contributed by atoms with Gasteiger partial charge in [-0.3, -0.25) is 0 Å². The number of nitrogens with zero attached hydrogens (tertiary/aromatic N) is 4. The van der Waals surface area contributed by atoms with Crippen molar-refractivity contribution in [1.82, 2.24) is 14.8 Å². The van der Waals surface area contributed by atoms with Gasteiger partial charge >= 0.3 is 10.5 Å². The van der Waals surface area contributed by atoms with Crippen LogP contribution in [0.1, 0.15) is 17.0 Å². The Hall–Kier alpha value is -3.52. The van der Waals surface area contributed by atoms with Crippen molar-refractivity contribution in [3.05, 3.63) is 65.5 Å². The molecule has 0 spiro atoms. The first kappa shape index (κ1) is 19.2. The maximum atomic E-state index is 14.5. The Bertz CT molecular complexity index is 1150. The molecule has 0 saturated carbocycles. The summed E-state index contributed by atoms with van der Waals surface area (Å²) in [5.74, 6) is -0.168. The molecule has 0 bridgehead atoms. The average molecular weight is 406 g/mol. The fraction of sp³-hybridized carbons (Fsp3) is 0.118. The van der Waals surface area contributed by atoms with E-state index in [0.29, 0.717) is 11.5 Å². The molecule has 28 heavy (non-hydrogen) atoms. The molecule has 0 aliphatic heterocycles. The van der Waals surface area contributed by atoms with Crippen LogP contribution in [0, 0.1) is 24.1 Å². The summed E-state index contributed by atoms with van der Waals surface area (Å²) in [5.41, 5.74) is 0.439. The molecule has 2 aromatic carbocycles. The second-order valence-electron chi connectivity index (χ2n) is 5.54. The highest BCUT2D eigenvalue weighted by Gasteiger charge is 2.14. The quantitative estimate of drug-likeness (QED) is 0.579. The van der Waals surface area contributed by atoms with Gasteiger partial charge in [0.2, 0.25) is 0 Å². The van der Waals surface area contributed by atoms with Gasteiger partial charge in [0.25, 0.3) is 0 Å². The van der Waals surface area contributed by atoms with Crippen LogP contribution in [0.3, 0.4) is 0 Å². The molecule has 0 aliphatic carbocycles. The van der Waals surface area contributed by atoms with Crippen molar-refractivity contribution in [2.45, 2.75) is 13.5 Å². The molecule has 144 valence electrons. The molecule has 0 amide bonds. The first-order valence-electron chi connectivity index (χ1n) is 7.73. The second-order valence-corrected chi connectivity index (χ2v) is 6.49. The van der Waals surface area contributed by atoms with Crippen LogP contribution in [0.2, 0.25) is 0 Å². The largest absolute Gasteiger partial charge is 0.489 e. The highest BCUT2D eigenvalue weighted by molar-refractivity contribution is 7.81. The Morgan fingerprint density at radius 1 is 1.21 bits per heavy atom. The van der Waals surface area contributed by atoms with Crippen molar-refractivity contribution in [3.8, 4) is 23.3 Å². The monoisotopic (exact) mass is 406 g/mol. The van der Waals surface area contributed by atoms with Crippen molar-refractivity contribution in [2.75, 3.05) is 0 Å². The van der Waals surface area contributed by atoms with E-state index >= 15 is 0 Å². The van der Waals surface area contributed by atoms with Gasteiger partial charge in [-0.15, -0.1) is 0 Å². The molecule has 3 aromatic rings. The van der Waals surface area contributed by atoms with E-state index in [2.05, 4.69) is 14.3 Å². The van der Waals surface area contributed by atoms with Gasteiger partial charge < -0.3 is 8.92 Å². The molecule has 0 N–H and O–H groups in total. The zero-order valence-electron chi connectivity index (χ0n) is 14.3. The number of aryl methyl sites for hydroxylation is 1. The molecule has 0 radical (unpaired) electrons. The van der Waals surface area contributed by atoms with Crippen LogP contribution >= 0.6 is 0 Å². The van der Waals surface area contributed by atoms with E-state index in [0.717, 1.165) is 0 Å². The molecule has 0 fully saturated rings. The van der Waals surface area contributed by atoms with Crippen LogP contribution in [0.25, 0.3) is 5.69 Å². The van der Waals surface area contributed by atoms with E-state index in [1.807, 2.05) is 6.07 Å². The molecule has 0 atom stereocenters. The third kappa shape index (κ3) is 4.60. The summed E-state index contributed by atoms with van der Waals surface area (Å²) in [6.45, 7) is 1.42. The summed E-state index contributed by atoms with van der Waals surface area (Å²) in [6, 6.07) is 9.55. The minimum atomic E-state index is -5.12. The predicted molar refractivity (Wildman–Crippen MR) is 92.2 cm³/mol. The molecule has 0 saturated heterocycles. The normalized spacial score (nSPS) is 11.1. The van der Waals surface area contributed by atoms with Gasteiger partial charge in [0, 0.05) is 11.6 Å². The van der Waals surface area contributed by atoms with Crippen LogP contribution in [-0.2, 0) is 17.1 Å². The Kier molecular flexibility index (Phi) is 5.23. The highest BCUT2D eigenvalue weighted by atomic mass is 32.3. The summed E-state index contributed by atoms with van der Waals surface area (Å²) >= 11 is 0. The van der Waals surface area contributed by atoms with Crippen molar-refractivity contribution in [3.63, 3.8) is 0 Å². The number of benzene rings is 2. The number of aromatic nitrogens is 3.